The molecule has 126 valence electrons. The van der Waals surface area contributed by atoms with Crippen molar-refractivity contribution in [3.63, 3.8) is 0 Å². The lowest BCUT2D eigenvalue weighted by atomic mass is 10.1. The molecule has 0 aliphatic rings. The van der Waals surface area contributed by atoms with Crippen LogP contribution in [-0.4, -0.2) is 33.8 Å². The van der Waals surface area contributed by atoms with E-state index in [0.29, 0.717) is 6.54 Å². The minimum absolute atomic E-state index is 0. The summed E-state index contributed by atoms with van der Waals surface area (Å²) in [7, 11) is 1.89. The molecule has 2 N–H and O–H groups in total. The topological polar surface area (TPSA) is 67.1 Å². The van der Waals surface area contributed by atoms with E-state index in [4.69, 9.17) is 0 Å². The van der Waals surface area contributed by atoms with Crippen LogP contribution in [0.2, 0.25) is 0 Å². The van der Waals surface area contributed by atoms with Crippen LogP contribution in [0.3, 0.4) is 0 Å². The fraction of sp³-hybridized carbons (Fsp3) is 0.400. The Labute approximate surface area is 152 Å². The van der Waals surface area contributed by atoms with Gasteiger partial charge in [-0.05, 0) is 31.0 Å². The Kier molecular flexibility index (Phi) is 8.52. The summed E-state index contributed by atoms with van der Waals surface area (Å²) in [5.41, 5.74) is 1.08. The first-order chi connectivity index (χ1) is 10.7. The number of nitrogens with zero attached hydrogens (tertiary/aromatic N) is 4. The largest absolute Gasteiger partial charge is 0.357 e. The smallest absolute Gasteiger partial charge is 0.191 e. The van der Waals surface area contributed by atoms with Gasteiger partial charge in [-0.25, -0.2) is 9.38 Å². The Bertz CT molecular complexity index is 611. The van der Waals surface area contributed by atoms with Crippen molar-refractivity contribution in [1.82, 2.24) is 25.4 Å². The van der Waals surface area contributed by atoms with Crippen molar-refractivity contribution < 1.29 is 4.39 Å². The van der Waals surface area contributed by atoms with Gasteiger partial charge in [0.2, 0.25) is 0 Å². The molecular weight excluding hydrogens is 410 g/mol. The van der Waals surface area contributed by atoms with Crippen LogP contribution in [0.1, 0.15) is 18.3 Å². The average Bonchev–Trinajstić information content (AvgIpc) is 2.92. The van der Waals surface area contributed by atoms with E-state index in [1.807, 2.05) is 18.5 Å². The van der Waals surface area contributed by atoms with Crippen LogP contribution in [0.5, 0.6) is 0 Å². The van der Waals surface area contributed by atoms with Crippen LogP contribution >= 0.6 is 24.0 Å². The standard InChI is InChI=1S/C15H21FN6.HI/c1-3-17-15(19-10-14-21-20-11-22(14)2)18-9-8-12-4-6-13(16)7-5-12;/h4-7,11H,3,8-10H2,1-2H3,(H2,17,18,19);1H. The van der Waals surface area contributed by atoms with Gasteiger partial charge in [-0.15, -0.1) is 34.2 Å². The summed E-state index contributed by atoms with van der Waals surface area (Å²) in [5.74, 6) is 1.32. The molecule has 0 radical (unpaired) electrons. The Morgan fingerprint density at radius 3 is 2.61 bits per heavy atom. The molecular formula is C15H22FIN6. The lowest BCUT2D eigenvalue weighted by molar-refractivity contribution is 0.626. The number of benzene rings is 1. The molecule has 1 aromatic heterocycles. The molecule has 2 aromatic rings. The molecule has 0 bridgehead atoms. The molecule has 0 saturated carbocycles. The first kappa shape index (κ1) is 19.3. The van der Waals surface area contributed by atoms with E-state index < -0.39 is 0 Å². The van der Waals surface area contributed by atoms with Crippen LogP contribution in [0.15, 0.2) is 35.6 Å². The van der Waals surface area contributed by atoms with Gasteiger partial charge >= 0.3 is 0 Å². The first-order valence-electron chi connectivity index (χ1n) is 7.28. The lowest BCUT2D eigenvalue weighted by Crippen LogP contribution is -2.38. The van der Waals surface area contributed by atoms with E-state index in [2.05, 4.69) is 25.8 Å². The molecule has 6 nitrogen and oxygen atoms in total. The quantitative estimate of drug-likeness (QED) is 0.416. The highest BCUT2D eigenvalue weighted by Gasteiger charge is 2.02. The zero-order valence-corrected chi connectivity index (χ0v) is 15.6. The third-order valence-corrected chi connectivity index (χ3v) is 3.15. The van der Waals surface area contributed by atoms with E-state index >= 15 is 0 Å². The van der Waals surface area contributed by atoms with Gasteiger partial charge in [-0.2, -0.15) is 0 Å². The second-order valence-electron chi connectivity index (χ2n) is 4.86. The van der Waals surface area contributed by atoms with Crippen LogP contribution in [-0.2, 0) is 20.0 Å². The number of halogens is 2. The molecule has 1 heterocycles. The normalized spacial score (nSPS) is 11.0. The fourth-order valence-corrected chi connectivity index (χ4v) is 1.92. The number of hydrogen-bond donors (Lipinski definition) is 2. The average molecular weight is 432 g/mol. The Balaban J connectivity index is 0.00000264. The van der Waals surface area contributed by atoms with Crippen LogP contribution < -0.4 is 10.6 Å². The zero-order chi connectivity index (χ0) is 15.8. The maximum absolute atomic E-state index is 12.8. The zero-order valence-electron chi connectivity index (χ0n) is 13.3. The summed E-state index contributed by atoms with van der Waals surface area (Å²) in [4.78, 5) is 4.47. The van der Waals surface area contributed by atoms with Gasteiger partial charge in [0.15, 0.2) is 11.8 Å². The monoisotopic (exact) mass is 432 g/mol. The van der Waals surface area contributed by atoms with Gasteiger partial charge in [0, 0.05) is 20.1 Å². The minimum atomic E-state index is -0.213. The van der Waals surface area contributed by atoms with Crippen LogP contribution in [0.25, 0.3) is 0 Å². The van der Waals surface area contributed by atoms with E-state index in [1.165, 1.54) is 12.1 Å². The van der Waals surface area contributed by atoms with Crippen LogP contribution in [0, 0.1) is 5.82 Å². The third kappa shape index (κ3) is 6.51. The second-order valence-corrected chi connectivity index (χ2v) is 4.86. The maximum atomic E-state index is 12.8. The van der Waals surface area contributed by atoms with Crippen LogP contribution in [0.4, 0.5) is 4.39 Å². The van der Waals surface area contributed by atoms with E-state index in [9.17, 15) is 4.39 Å². The molecule has 0 amide bonds. The Morgan fingerprint density at radius 1 is 1.26 bits per heavy atom. The molecule has 1 aromatic carbocycles. The second kappa shape index (κ2) is 10.1. The number of hydrogen-bond acceptors (Lipinski definition) is 3. The van der Waals surface area contributed by atoms with Crippen molar-refractivity contribution in [1.29, 1.82) is 0 Å². The predicted molar refractivity (Wildman–Crippen MR) is 99.3 cm³/mol. The van der Waals surface area contributed by atoms with E-state index in [0.717, 1.165) is 36.9 Å². The number of nitrogens with one attached hydrogen (secondary N) is 2. The highest BCUT2D eigenvalue weighted by atomic mass is 127. The minimum Gasteiger partial charge on any atom is -0.357 e. The summed E-state index contributed by atoms with van der Waals surface area (Å²) in [6, 6.07) is 6.53. The Hall–Kier alpha value is -1.71. The number of aromatic nitrogens is 3. The highest BCUT2D eigenvalue weighted by molar-refractivity contribution is 14.0. The van der Waals surface area contributed by atoms with Crippen molar-refractivity contribution in [3.8, 4) is 0 Å². The molecule has 0 atom stereocenters. The van der Waals surface area contributed by atoms with Gasteiger partial charge in [0.25, 0.3) is 0 Å². The summed E-state index contributed by atoms with van der Waals surface area (Å²) in [5, 5.41) is 14.3. The third-order valence-electron chi connectivity index (χ3n) is 3.15. The summed E-state index contributed by atoms with van der Waals surface area (Å²) in [6.45, 7) is 3.97. The maximum Gasteiger partial charge on any atom is 0.191 e. The number of aryl methyl sites for hydroxylation is 1. The van der Waals surface area contributed by atoms with Gasteiger partial charge in [0.1, 0.15) is 18.7 Å². The number of guanidine groups is 1. The van der Waals surface area contributed by atoms with Crippen molar-refractivity contribution >= 4 is 29.9 Å². The Morgan fingerprint density at radius 2 is 2.00 bits per heavy atom. The van der Waals surface area contributed by atoms with Crippen molar-refractivity contribution in [2.75, 3.05) is 13.1 Å². The summed E-state index contributed by atoms with van der Waals surface area (Å²) < 4.78 is 14.7. The highest BCUT2D eigenvalue weighted by Crippen LogP contribution is 2.02. The fourth-order valence-electron chi connectivity index (χ4n) is 1.92. The van der Waals surface area contributed by atoms with E-state index in [-0.39, 0.29) is 29.8 Å². The molecule has 0 saturated heterocycles. The van der Waals surface area contributed by atoms with Gasteiger partial charge in [-0.1, -0.05) is 12.1 Å². The molecule has 0 unspecified atom stereocenters. The van der Waals surface area contributed by atoms with Crippen molar-refractivity contribution in [2.24, 2.45) is 12.0 Å². The predicted octanol–water partition coefficient (Wildman–Crippen LogP) is 1.87. The molecule has 23 heavy (non-hydrogen) atoms. The molecule has 0 fully saturated rings. The van der Waals surface area contributed by atoms with Gasteiger partial charge in [-0.3, -0.25) is 0 Å². The number of aliphatic imine (C=N–C) groups is 1. The summed E-state index contributed by atoms with van der Waals surface area (Å²) in [6.07, 6.45) is 2.45. The van der Waals surface area contributed by atoms with Crippen molar-refractivity contribution in [3.05, 3.63) is 47.8 Å². The van der Waals surface area contributed by atoms with Crippen molar-refractivity contribution in [2.45, 2.75) is 19.9 Å². The molecule has 0 spiro atoms. The lowest BCUT2D eigenvalue weighted by Gasteiger charge is -2.11. The molecule has 8 heteroatoms. The van der Waals surface area contributed by atoms with Gasteiger partial charge < -0.3 is 15.2 Å². The molecule has 2 rings (SSSR count). The van der Waals surface area contributed by atoms with Gasteiger partial charge in [0.05, 0.1) is 0 Å². The molecule has 0 aliphatic heterocycles. The summed E-state index contributed by atoms with van der Waals surface area (Å²) >= 11 is 0. The number of rotatable bonds is 6. The molecule has 0 aliphatic carbocycles. The van der Waals surface area contributed by atoms with E-state index in [1.54, 1.807) is 18.5 Å². The SMILES string of the molecule is CCNC(=NCc1nncn1C)NCCc1ccc(F)cc1.I. The first-order valence-corrected chi connectivity index (χ1v) is 7.28.